The highest BCUT2D eigenvalue weighted by Gasteiger charge is 2.18. The molecule has 2 aromatic carbocycles. The van der Waals surface area contributed by atoms with E-state index in [2.05, 4.69) is 10.0 Å². The zero-order valence-electron chi connectivity index (χ0n) is 16.0. The Kier molecular flexibility index (Phi) is 7.00. The van der Waals surface area contributed by atoms with Crippen LogP contribution in [0.15, 0.2) is 47.4 Å². The Morgan fingerprint density at radius 1 is 1.24 bits per heavy atom. The highest BCUT2D eigenvalue weighted by Crippen LogP contribution is 2.24. The minimum atomic E-state index is -3.76. The van der Waals surface area contributed by atoms with E-state index in [0.29, 0.717) is 28.6 Å². The maximum atomic E-state index is 12.6. The monoisotopic (exact) mass is 438 g/mol. The first-order valence-corrected chi connectivity index (χ1v) is 11.1. The largest absolute Gasteiger partial charge is 0.484 e. The van der Waals surface area contributed by atoms with E-state index in [1.54, 1.807) is 37.3 Å². The van der Waals surface area contributed by atoms with Gasteiger partial charge in [-0.25, -0.2) is 8.42 Å². The van der Waals surface area contributed by atoms with Crippen LogP contribution in [0.2, 0.25) is 5.02 Å². The second kappa shape index (κ2) is 9.47. The molecule has 0 aliphatic carbocycles. The standard InChI is InChI=1S/C20H23ClN2O5S/c1-14-11-18(29(25,26)23-16-6-4-15(21)5-7-16)8-9-19(14)28-13-20(24)22-12-17-3-2-10-27-17/h4-9,11,17,23H,2-3,10,12-13H2,1H3,(H,22,24)/t17-/m0/s1. The molecule has 9 heteroatoms. The van der Waals surface area contributed by atoms with Crippen molar-refractivity contribution in [3.8, 4) is 5.75 Å². The lowest BCUT2D eigenvalue weighted by molar-refractivity contribution is -0.123. The molecule has 1 atom stereocenters. The van der Waals surface area contributed by atoms with Crippen molar-refractivity contribution in [2.24, 2.45) is 0 Å². The van der Waals surface area contributed by atoms with Crippen LogP contribution in [0.5, 0.6) is 5.75 Å². The van der Waals surface area contributed by atoms with Crippen LogP contribution >= 0.6 is 11.6 Å². The predicted molar refractivity (Wildman–Crippen MR) is 111 cm³/mol. The number of benzene rings is 2. The molecule has 1 aliphatic rings. The molecule has 3 rings (SSSR count). The predicted octanol–water partition coefficient (Wildman–Crippen LogP) is 3.12. The summed E-state index contributed by atoms with van der Waals surface area (Å²) in [6, 6.07) is 10.8. The van der Waals surface area contributed by atoms with Crippen LogP contribution < -0.4 is 14.8 Å². The number of anilines is 1. The zero-order valence-corrected chi connectivity index (χ0v) is 17.6. The number of halogens is 1. The average molecular weight is 439 g/mol. The highest BCUT2D eigenvalue weighted by atomic mass is 35.5. The van der Waals surface area contributed by atoms with Crippen LogP contribution in [0.3, 0.4) is 0 Å². The molecule has 1 saturated heterocycles. The minimum Gasteiger partial charge on any atom is -0.484 e. The van der Waals surface area contributed by atoms with Gasteiger partial charge in [-0.2, -0.15) is 0 Å². The van der Waals surface area contributed by atoms with Crippen LogP contribution in [0.4, 0.5) is 5.69 Å². The third-order valence-corrected chi connectivity index (χ3v) is 6.09. The number of ether oxygens (including phenoxy) is 2. The number of hydrogen-bond donors (Lipinski definition) is 2. The summed E-state index contributed by atoms with van der Waals surface area (Å²) in [5, 5.41) is 3.30. The van der Waals surface area contributed by atoms with Crippen LogP contribution in [0.25, 0.3) is 0 Å². The van der Waals surface area contributed by atoms with Gasteiger partial charge in [-0.3, -0.25) is 9.52 Å². The quantitative estimate of drug-likeness (QED) is 0.660. The van der Waals surface area contributed by atoms with Crippen molar-refractivity contribution in [1.29, 1.82) is 0 Å². The molecule has 1 amide bonds. The number of amides is 1. The van der Waals surface area contributed by atoms with Gasteiger partial charge in [0.2, 0.25) is 0 Å². The van der Waals surface area contributed by atoms with E-state index in [4.69, 9.17) is 21.1 Å². The molecule has 0 spiro atoms. The SMILES string of the molecule is Cc1cc(S(=O)(=O)Nc2ccc(Cl)cc2)ccc1OCC(=O)NC[C@@H]1CCCO1. The second-order valence-electron chi connectivity index (χ2n) is 6.77. The number of carbonyl (C=O) groups is 1. The number of sulfonamides is 1. The van der Waals surface area contributed by atoms with Gasteiger partial charge in [0.1, 0.15) is 5.75 Å². The Bertz CT molecular complexity index is 957. The first-order chi connectivity index (χ1) is 13.8. The summed E-state index contributed by atoms with van der Waals surface area (Å²) in [6.07, 6.45) is 2.02. The van der Waals surface area contributed by atoms with Crippen molar-refractivity contribution in [3.63, 3.8) is 0 Å². The lowest BCUT2D eigenvalue weighted by atomic mass is 10.2. The average Bonchev–Trinajstić information content (AvgIpc) is 3.20. The summed E-state index contributed by atoms with van der Waals surface area (Å²) in [5.41, 5.74) is 1.02. The topological polar surface area (TPSA) is 93.7 Å². The molecule has 2 N–H and O–H groups in total. The first-order valence-electron chi connectivity index (χ1n) is 9.23. The normalized spacial score (nSPS) is 16.4. The van der Waals surface area contributed by atoms with Gasteiger partial charge >= 0.3 is 0 Å². The molecule has 1 heterocycles. The van der Waals surface area contributed by atoms with Crippen molar-refractivity contribution in [2.45, 2.75) is 30.8 Å². The number of hydrogen-bond acceptors (Lipinski definition) is 5. The fraction of sp³-hybridized carbons (Fsp3) is 0.350. The Morgan fingerprint density at radius 2 is 2.00 bits per heavy atom. The Balaban J connectivity index is 1.57. The van der Waals surface area contributed by atoms with E-state index < -0.39 is 10.0 Å². The third-order valence-electron chi connectivity index (χ3n) is 4.46. The van der Waals surface area contributed by atoms with E-state index in [-0.39, 0.29) is 23.5 Å². The maximum Gasteiger partial charge on any atom is 0.261 e. The molecule has 156 valence electrons. The smallest absolute Gasteiger partial charge is 0.261 e. The summed E-state index contributed by atoms with van der Waals surface area (Å²) in [6.45, 7) is 2.77. The Labute approximate surface area is 175 Å². The summed E-state index contributed by atoms with van der Waals surface area (Å²) in [7, 11) is -3.76. The highest BCUT2D eigenvalue weighted by molar-refractivity contribution is 7.92. The molecule has 7 nitrogen and oxygen atoms in total. The summed E-state index contributed by atoms with van der Waals surface area (Å²) in [4.78, 5) is 12.0. The zero-order chi connectivity index (χ0) is 20.9. The van der Waals surface area contributed by atoms with Gasteiger partial charge in [0, 0.05) is 23.9 Å². The minimum absolute atomic E-state index is 0.0679. The van der Waals surface area contributed by atoms with E-state index >= 15 is 0 Å². The number of carbonyl (C=O) groups excluding carboxylic acids is 1. The van der Waals surface area contributed by atoms with Gasteiger partial charge < -0.3 is 14.8 Å². The van der Waals surface area contributed by atoms with Gasteiger partial charge in [0.25, 0.3) is 15.9 Å². The van der Waals surface area contributed by atoms with E-state index in [9.17, 15) is 13.2 Å². The second-order valence-corrected chi connectivity index (χ2v) is 8.89. The molecule has 1 aliphatic heterocycles. The third kappa shape index (κ3) is 6.09. The van der Waals surface area contributed by atoms with Crippen molar-refractivity contribution in [2.75, 3.05) is 24.5 Å². The molecule has 0 bridgehead atoms. The molecule has 29 heavy (non-hydrogen) atoms. The lowest BCUT2D eigenvalue weighted by Crippen LogP contribution is -2.35. The molecule has 0 aromatic heterocycles. The van der Waals surface area contributed by atoms with Gasteiger partial charge in [-0.1, -0.05) is 11.6 Å². The number of aryl methyl sites for hydroxylation is 1. The van der Waals surface area contributed by atoms with Crippen molar-refractivity contribution in [3.05, 3.63) is 53.1 Å². The van der Waals surface area contributed by atoms with Crippen molar-refractivity contribution in [1.82, 2.24) is 5.32 Å². The molecule has 1 fully saturated rings. The van der Waals surface area contributed by atoms with Gasteiger partial charge in [0.05, 0.1) is 11.0 Å². The van der Waals surface area contributed by atoms with Crippen LogP contribution in [0.1, 0.15) is 18.4 Å². The van der Waals surface area contributed by atoms with Crippen molar-refractivity contribution >= 4 is 33.2 Å². The lowest BCUT2D eigenvalue weighted by Gasteiger charge is -2.13. The van der Waals surface area contributed by atoms with Gasteiger partial charge in [-0.15, -0.1) is 0 Å². The van der Waals surface area contributed by atoms with E-state index in [0.717, 1.165) is 19.4 Å². The summed E-state index contributed by atoms with van der Waals surface area (Å²) >= 11 is 5.82. The fourth-order valence-electron chi connectivity index (χ4n) is 2.91. The van der Waals surface area contributed by atoms with Crippen LogP contribution in [-0.4, -0.2) is 40.2 Å². The van der Waals surface area contributed by atoms with E-state index in [1.807, 2.05) is 0 Å². The molecule has 0 saturated carbocycles. The molecule has 0 radical (unpaired) electrons. The Hall–Kier alpha value is -2.29. The van der Waals surface area contributed by atoms with Gasteiger partial charge in [-0.05, 0) is 67.8 Å². The number of nitrogens with one attached hydrogen (secondary N) is 2. The Morgan fingerprint density at radius 3 is 2.66 bits per heavy atom. The first kappa shape index (κ1) is 21.4. The van der Waals surface area contributed by atoms with Crippen LogP contribution in [-0.2, 0) is 19.6 Å². The van der Waals surface area contributed by atoms with Crippen molar-refractivity contribution < 1.29 is 22.7 Å². The van der Waals surface area contributed by atoms with E-state index in [1.165, 1.54) is 12.1 Å². The number of rotatable bonds is 8. The molecule has 2 aromatic rings. The molecular weight excluding hydrogens is 416 g/mol. The fourth-order valence-corrected chi connectivity index (χ4v) is 4.18. The van der Waals surface area contributed by atoms with Crippen LogP contribution in [0, 0.1) is 6.92 Å². The molecule has 0 unspecified atom stereocenters. The summed E-state index contributed by atoms with van der Waals surface area (Å²) < 4.78 is 38.6. The maximum absolute atomic E-state index is 12.6. The van der Waals surface area contributed by atoms with Gasteiger partial charge in [0.15, 0.2) is 6.61 Å². The summed E-state index contributed by atoms with van der Waals surface area (Å²) in [5.74, 6) is 0.198. The molecular formula is C20H23ClN2O5S.